The zero-order valence-corrected chi connectivity index (χ0v) is 22.4. The second-order valence-corrected chi connectivity index (χ2v) is 12.0. The fourth-order valence-electron chi connectivity index (χ4n) is 3.88. The van der Waals surface area contributed by atoms with Crippen molar-refractivity contribution in [2.45, 2.75) is 23.3 Å². The molecule has 1 saturated heterocycles. The van der Waals surface area contributed by atoms with E-state index in [-0.39, 0.29) is 10.8 Å². The normalized spacial score (nSPS) is 18.4. The number of benzene rings is 3. The van der Waals surface area contributed by atoms with Crippen LogP contribution in [0.5, 0.6) is 0 Å². The van der Waals surface area contributed by atoms with Crippen molar-refractivity contribution >= 4 is 61.9 Å². The molecular formula is C26H22N4O4S3. The minimum absolute atomic E-state index is 0.0486. The molecule has 1 fully saturated rings. The summed E-state index contributed by atoms with van der Waals surface area (Å²) in [6.07, 6.45) is 0. The quantitative estimate of drug-likeness (QED) is 0.460. The number of sulfonamides is 1. The first-order valence-electron chi connectivity index (χ1n) is 11.2. The van der Waals surface area contributed by atoms with Crippen LogP contribution < -0.4 is 9.62 Å². The lowest BCUT2D eigenvalue weighted by atomic mass is 10.2. The van der Waals surface area contributed by atoms with Crippen LogP contribution in [0.15, 0.2) is 104 Å². The van der Waals surface area contributed by atoms with E-state index in [0.29, 0.717) is 22.3 Å². The van der Waals surface area contributed by atoms with Gasteiger partial charge in [0.15, 0.2) is 5.17 Å². The number of amidine groups is 1. The van der Waals surface area contributed by atoms with E-state index in [9.17, 15) is 18.0 Å². The van der Waals surface area contributed by atoms with Crippen molar-refractivity contribution in [3.05, 3.63) is 94.4 Å². The number of para-hydroxylation sites is 1. The topological polar surface area (TPSA) is 99.1 Å². The van der Waals surface area contributed by atoms with Gasteiger partial charge in [0.25, 0.3) is 15.9 Å². The molecule has 0 bridgehead atoms. The van der Waals surface area contributed by atoms with Crippen molar-refractivity contribution in [2.24, 2.45) is 4.99 Å². The summed E-state index contributed by atoms with van der Waals surface area (Å²) < 4.78 is 26.5. The predicted molar refractivity (Wildman–Crippen MR) is 147 cm³/mol. The van der Waals surface area contributed by atoms with E-state index in [1.165, 1.54) is 23.9 Å². The number of fused-ring (bicyclic) bond motifs is 1. The maximum atomic E-state index is 13.7. The molecule has 3 aromatic rings. The first kappa shape index (κ1) is 25.1. The Bertz CT molecular complexity index is 1550. The summed E-state index contributed by atoms with van der Waals surface area (Å²) in [6.45, 7) is 1.48. The van der Waals surface area contributed by atoms with Crippen LogP contribution >= 0.6 is 23.5 Å². The molecule has 8 nitrogen and oxygen atoms in total. The van der Waals surface area contributed by atoms with Crippen LogP contribution in [0.25, 0.3) is 0 Å². The first-order chi connectivity index (χ1) is 17.7. The van der Waals surface area contributed by atoms with Crippen LogP contribution in [0, 0.1) is 0 Å². The van der Waals surface area contributed by atoms with Gasteiger partial charge in [-0.3, -0.25) is 14.5 Å². The van der Waals surface area contributed by atoms with E-state index in [0.717, 1.165) is 28.1 Å². The summed E-state index contributed by atoms with van der Waals surface area (Å²) in [7, 11) is -2.01. The lowest BCUT2D eigenvalue weighted by Gasteiger charge is -2.17. The summed E-state index contributed by atoms with van der Waals surface area (Å²) in [5.41, 5.74) is 2.49. The second-order valence-electron chi connectivity index (χ2n) is 8.29. The molecule has 0 unspecified atom stereocenters. The molecule has 5 rings (SSSR count). The van der Waals surface area contributed by atoms with Crippen LogP contribution in [0.3, 0.4) is 0 Å². The van der Waals surface area contributed by atoms with Crippen molar-refractivity contribution in [3.8, 4) is 0 Å². The van der Waals surface area contributed by atoms with Gasteiger partial charge in [-0.2, -0.15) is 0 Å². The van der Waals surface area contributed by atoms with Gasteiger partial charge in [0, 0.05) is 18.9 Å². The molecule has 3 aromatic carbocycles. The molecule has 2 heterocycles. The van der Waals surface area contributed by atoms with E-state index in [1.54, 1.807) is 28.8 Å². The SMILES string of the molecule is CC(=O)NS(=O)(=O)c1ccc(N=C2S/C(=C3\Sc4ccccc4N3C)C(=O)N2Cc2ccccc2)cc1. The van der Waals surface area contributed by atoms with Crippen molar-refractivity contribution in [1.82, 2.24) is 9.62 Å². The smallest absolute Gasteiger partial charge is 0.269 e. The lowest BCUT2D eigenvalue weighted by molar-refractivity contribution is -0.122. The van der Waals surface area contributed by atoms with Crippen molar-refractivity contribution < 1.29 is 18.0 Å². The zero-order valence-electron chi connectivity index (χ0n) is 19.9. The van der Waals surface area contributed by atoms with E-state index in [4.69, 9.17) is 4.99 Å². The Morgan fingerprint density at radius 1 is 0.946 bits per heavy atom. The Labute approximate surface area is 223 Å². The Morgan fingerprint density at radius 2 is 1.62 bits per heavy atom. The molecule has 0 spiro atoms. The molecule has 1 N–H and O–H groups in total. The summed E-state index contributed by atoms with van der Waals surface area (Å²) >= 11 is 2.85. The maximum Gasteiger partial charge on any atom is 0.269 e. The third-order valence-corrected chi connectivity index (χ3v) is 9.51. The van der Waals surface area contributed by atoms with Gasteiger partial charge in [0.2, 0.25) is 5.91 Å². The number of amides is 2. The molecule has 0 aliphatic carbocycles. The standard InChI is InChI=1S/C26H22N4O4S3/c1-17(31)28-37(33,34)20-14-12-19(13-15-20)27-26-30(16-18-8-4-3-5-9-18)24(32)23(36-26)25-29(2)21-10-6-7-11-22(21)35-25/h3-15H,16H2,1-2H3,(H,28,31)/b25-23-,27-26?. The number of carbonyl (C=O) groups is 2. The van der Waals surface area contributed by atoms with E-state index in [2.05, 4.69) is 0 Å². The Kier molecular flexibility index (Phi) is 6.84. The van der Waals surface area contributed by atoms with Gasteiger partial charge < -0.3 is 4.90 Å². The van der Waals surface area contributed by atoms with Gasteiger partial charge in [-0.1, -0.05) is 54.2 Å². The number of anilines is 1. The average molecular weight is 551 g/mol. The second kappa shape index (κ2) is 10.1. The summed E-state index contributed by atoms with van der Waals surface area (Å²) in [5.74, 6) is -0.807. The number of thioether (sulfide) groups is 2. The monoisotopic (exact) mass is 550 g/mol. The molecule has 37 heavy (non-hydrogen) atoms. The molecule has 2 amide bonds. The molecule has 2 aliphatic heterocycles. The summed E-state index contributed by atoms with van der Waals surface area (Å²) in [4.78, 5) is 34.9. The fraction of sp³-hybridized carbons (Fsp3) is 0.115. The minimum atomic E-state index is -3.95. The van der Waals surface area contributed by atoms with Gasteiger partial charge in [-0.05, 0) is 53.7 Å². The van der Waals surface area contributed by atoms with Crippen molar-refractivity contribution in [3.63, 3.8) is 0 Å². The third-order valence-electron chi connectivity index (χ3n) is 5.63. The highest BCUT2D eigenvalue weighted by Gasteiger charge is 2.39. The largest absolute Gasteiger partial charge is 0.337 e. The highest BCUT2D eigenvalue weighted by molar-refractivity contribution is 8.19. The van der Waals surface area contributed by atoms with Gasteiger partial charge in [-0.15, -0.1) is 0 Å². The summed E-state index contributed by atoms with van der Waals surface area (Å²) in [5, 5.41) is 1.34. The van der Waals surface area contributed by atoms with Gasteiger partial charge >= 0.3 is 0 Å². The third kappa shape index (κ3) is 5.15. The van der Waals surface area contributed by atoms with Crippen LogP contribution in [-0.4, -0.2) is 37.3 Å². The number of nitrogens with zero attached hydrogens (tertiary/aromatic N) is 3. The molecule has 0 aromatic heterocycles. The predicted octanol–water partition coefficient (Wildman–Crippen LogP) is 4.69. The molecular weight excluding hydrogens is 529 g/mol. The van der Waals surface area contributed by atoms with Gasteiger partial charge in [0.05, 0.1) is 27.8 Å². The number of rotatable bonds is 5. The van der Waals surface area contributed by atoms with Crippen molar-refractivity contribution in [2.75, 3.05) is 11.9 Å². The van der Waals surface area contributed by atoms with E-state index >= 15 is 0 Å². The Hall–Kier alpha value is -3.54. The first-order valence-corrected chi connectivity index (χ1v) is 14.4. The van der Waals surface area contributed by atoms with E-state index in [1.807, 2.05) is 71.3 Å². The lowest BCUT2D eigenvalue weighted by Crippen LogP contribution is -2.29. The summed E-state index contributed by atoms with van der Waals surface area (Å²) in [6, 6.07) is 23.5. The number of hydrogen-bond acceptors (Lipinski definition) is 8. The number of carbonyl (C=O) groups excluding carboxylic acids is 2. The fourth-order valence-corrected chi connectivity index (χ4v) is 7.22. The Morgan fingerprint density at radius 3 is 2.30 bits per heavy atom. The van der Waals surface area contributed by atoms with Crippen LogP contribution in [-0.2, 0) is 26.2 Å². The molecule has 0 atom stereocenters. The number of aliphatic imine (C=N–C) groups is 1. The highest BCUT2D eigenvalue weighted by Crippen LogP contribution is 2.50. The van der Waals surface area contributed by atoms with Crippen LogP contribution in [0.4, 0.5) is 11.4 Å². The molecule has 2 aliphatic rings. The zero-order chi connectivity index (χ0) is 26.2. The number of nitrogens with one attached hydrogen (secondary N) is 1. The maximum absolute atomic E-state index is 13.7. The van der Waals surface area contributed by atoms with Crippen molar-refractivity contribution in [1.29, 1.82) is 0 Å². The Balaban J connectivity index is 1.50. The molecule has 0 saturated carbocycles. The van der Waals surface area contributed by atoms with Gasteiger partial charge in [0.1, 0.15) is 4.91 Å². The minimum Gasteiger partial charge on any atom is -0.337 e. The van der Waals surface area contributed by atoms with Gasteiger partial charge in [-0.25, -0.2) is 18.1 Å². The average Bonchev–Trinajstić information content (AvgIpc) is 3.36. The highest BCUT2D eigenvalue weighted by atomic mass is 32.2. The number of hydrogen-bond donors (Lipinski definition) is 1. The molecule has 0 radical (unpaired) electrons. The van der Waals surface area contributed by atoms with E-state index < -0.39 is 15.9 Å². The van der Waals surface area contributed by atoms with Crippen LogP contribution in [0.1, 0.15) is 12.5 Å². The van der Waals surface area contributed by atoms with Crippen LogP contribution in [0.2, 0.25) is 0 Å². The molecule has 11 heteroatoms. The molecule has 188 valence electrons.